The molecule has 1 saturated heterocycles. The maximum Gasteiger partial charge on any atom is 0.0618 e. The zero-order valence-electron chi connectivity index (χ0n) is 10.5. The van der Waals surface area contributed by atoms with Crippen LogP contribution in [0.1, 0.15) is 33.6 Å². The van der Waals surface area contributed by atoms with Gasteiger partial charge in [-0.25, -0.2) is 0 Å². The standard InChI is InChI=1S/C12H26N2O/c1-4-12-6-8-14(9-7-13-12)11(3)10-15-5-2/h11-13H,4-10H2,1-3H3. The zero-order valence-corrected chi connectivity index (χ0v) is 10.5. The van der Waals surface area contributed by atoms with Gasteiger partial charge in [0.25, 0.3) is 0 Å². The van der Waals surface area contributed by atoms with Crippen molar-refractivity contribution in [2.75, 3.05) is 32.8 Å². The van der Waals surface area contributed by atoms with Crippen LogP contribution in [0.25, 0.3) is 0 Å². The van der Waals surface area contributed by atoms with E-state index < -0.39 is 0 Å². The summed E-state index contributed by atoms with van der Waals surface area (Å²) >= 11 is 0. The van der Waals surface area contributed by atoms with Crippen molar-refractivity contribution < 1.29 is 4.74 Å². The molecule has 0 bridgehead atoms. The van der Waals surface area contributed by atoms with Gasteiger partial charge in [-0.15, -0.1) is 0 Å². The fourth-order valence-electron chi connectivity index (χ4n) is 2.13. The number of nitrogens with zero attached hydrogens (tertiary/aromatic N) is 1. The summed E-state index contributed by atoms with van der Waals surface area (Å²) in [7, 11) is 0. The van der Waals surface area contributed by atoms with Crippen molar-refractivity contribution in [1.29, 1.82) is 0 Å². The summed E-state index contributed by atoms with van der Waals surface area (Å²) in [6.45, 7) is 11.8. The first-order valence-corrected chi connectivity index (χ1v) is 6.33. The molecule has 0 spiro atoms. The second-order valence-electron chi connectivity index (χ2n) is 4.39. The smallest absolute Gasteiger partial charge is 0.0618 e. The SMILES string of the molecule is CCOCC(C)N1CCNC(CC)CC1. The van der Waals surface area contributed by atoms with Crippen LogP contribution in [0, 0.1) is 0 Å². The van der Waals surface area contributed by atoms with Crippen molar-refractivity contribution >= 4 is 0 Å². The maximum atomic E-state index is 5.48. The third kappa shape index (κ3) is 4.49. The molecule has 1 aliphatic rings. The second kappa shape index (κ2) is 7.20. The summed E-state index contributed by atoms with van der Waals surface area (Å²) in [6.07, 6.45) is 2.51. The molecule has 0 aromatic rings. The number of hydrogen-bond acceptors (Lipinski definition) is 3. The molecule has 2 unspecified atom stereocenters. The van der Waals surface area contributed by atoms with E-state index in [4.69, 9.17) is 4.74 Å². The molecule has 1 rings (SSSR count). The van der Waals surface area contributed by atoms with Crippen LogP contribution in [0.3, 0.4) is 0 Å². The first-order valence-electron chi connectivity index (χ1n) is 6.33. The lowest BCUT2D eigenvalue weighted by Crippen LogP contribution is -2.38. The Bertz CT molecular complexity index is 164. The lowest BCUT2D eigenvalue weighted by atomic mass is 10.1. The van der Waals surface area contributed by atoms with E-state index in [0.29, 0.717) is 12.1 Å². The number of hydrogen-bond donors (Lipinski definition) is 1. The molecule has 3 nitrogen and oxygen atoms in total. The van der Waals surface area contributed by atoms with Gasteiger partial charge in [0, 0.05) is 38.3 Å². The normalized spacial score (nSPS) is 26.2. The minimum atomic E-state index is 0.558. The van der Waals surface area contributed by atoms with Crippen LogP contribution in [-0.4, -0.2) is 49.8 Å². The Morgan fingerprint density at radius 3 is 2.87 bits per heavy atom. The van der Waals surface area contributed by atoms with Gasteiger partial charge >= 0.3 is 0 Å². The number of nitrogens with one attached hydrogen (secondary N) is 1. The van der Waals surface area contributed by atoms with Crippen LogP contribution in [0.4, 0.5) is 0 Å². The summed E-state index contributed by atoms with van der Waals surface area (Å²) in [6, 6.07) is 1.27. The monoisotopic (exact) mass is 214 g/mol. The fourth-order valence-corrected chi connectivity index (χ4v) is 2.13. The molecule has 90 valence electrons. The summed E-state index contributed by atoms with van der Waals surface area (Å²) in [5, 5.41) is 3.59. The quantitative estimate of drug-likeness (QED) is 0.750. The summed E-state index contributed by atoms with van der Waals surface area (Å²) in [5.41, 5.74) is 0. The van der Waals surface area contributed by atoms with E-state index in [1.54, 1.807) is 0 Å². The van der Waals surface area contributed by atoms with E-state index in [0.717, 1.165) is 26.3 Å². The molecule has 0 saturated carbocycles. The highest BCUT2D eigenvalue weighted by molar-refractivity contribution is 4.77. The van der Waals surface area contributed by atoms with Crippen LogP contribution in [0.15, 0.2) is 0 Å². The number of rotatable bonds is 5. The van der Waals surface area contributed by atoms with Gasteiger partial charge in [0.15, 0.2) is 0 Å². The maximum absolute atomic E-state index is 5.48. The van der Waals surface area contributed by atoms with Crippen molar-refractivity contribution in [3.05, 3.63) is 0 Å². The average molecular weight is 214 g/mol. The van der Waals surface area contributed by atoms with Crippen molar-refractivity contribution in [1.82, 2.24) is 10.2 Å². The van der Waals surface area contributed by atoms with Gasteiger partial charge in [-0.2, -0.15) is 0 Å². The highest BCUT2D eigenvalue weighted by Crippen LogP contribution is 2.08. The molecule has 0 aliphatic carbocycles. The topological polar surface area (TPSA) is 24.5 Å². The Labute approximate surface area is 94.2 Å². The van der Waals surface area contributed by atoms with E-state index >= 15 is 0 Å². The highest BCUT2D eigenvalue weighted by atomic mass is 16.5. The van der Waals surface area contributed by atoms with Gasteiger partial charge in [0.1, 0.15) is 0 Å². The van der Waals surface area contributed by atoms with E-state index in [-0.39, 0.29) is 0 Å². The fraction of sp³-hybridized carbons (Fsp3) is 1.00. The molecule has 3 heteroatoms. The minimum Gasteiger partial charge on any atom is -0.380 e. The predicted octanol–water partition coefficient (Wildman–Crippen LogP) is 1.49. The highest BCUT2D eigenvalue weighted by Gasteiger charge is 2.18. The molecule has 0 amide bonds. The first kappa shape index (κ1) is 12.9. The molecule has 15 heavy (non-hydrogen) atoms. The first-order chi connectivity index (χ1) is 7.27. The van der Waals surface area contributed by atoms with E-state index in [2.05, 4.69) is 31.0 Å². The van der Waals surface area contributed by atoms with Crippen LogP contribution in [0.2, 0.25) is 0 Å². The van der Waals surface area contributed by atoms with Gasteiger partial charge < -0.3 is 10.1 Å². The number of ether oxygens (including phenoxy) is 1. The Morgan fingerprint density at radius 1 is 1.40 bits per heavy atom. The van der Waals surface area contributed by atoms with Crippen molar-refractivity contribution in [3.63, 3.8) is 0 Å². The molecule has 1 aliphatic heterocycles. The Kier molecular flexibility index (Phi) is 6.22. The lowest BCUT2D eigenvalue weighted by molar-refractivity contribution is 0.0761. The molecule has 0 aromatic heterocycles. The van der Waals surface area contributed by atoms with Crippen LogP contribution < -0.4 is 5.32 Å². The van der Waals surface area contributed by atoms with Crippen LogP contribution in [-0.2, 0) is 4.74 Å². The van der Waals surface area contributed by atoms with Gasteiger partial charge in [-0.3, -0.25) is 4.90 Å². The van der Waals surface area contributed by atoms with E-state index in [9.17, 15) is 0 Å². The third-order valence-corrected chi connectivity index (χ3v) is 3.28. The molecule has 1 N–H and O–H groups in total. The third-order valence-electron chi connectivity index (χ3n) is 3.28. The van der Waals surface area contributed by atoms with Crippen LogP contribution in [0.5, 0.6) is 0 Å². The summed E-state index contributed by atoms with van der Waals surface area (Å²) < 4.78 is 5.48. The van der Waals surface area contributed by atoms with Gasteiger partial charge in [0.05, 0.1) is 6.61 Å². The Hall–Kier alpha value is -0.120. The Balaban J connectivity index is 2.29. The summed E-state index contributed by atoms with van der Waals surface area (Å²) in [4.78, 5) is 2.54. The van der Waals surface area contributed by atoms with E-state index in [1.165, 1.54) is 19.4 Å². The van der Waals surface area contributed by atoms with Gasteiger partial charge in [-0.05, 0) is 26.7 Å². The molecule has 0 aromatic carbocycles. The molecule has 1 heterocycles. The molecular weight excluding hydrogens is 188 g/mol. The molecular formula is C12H26N2O. The largest absolute Gasteiger partial charge is 0.380 e. The van der Waals surface area contributed by atoms with Crippen molar-refractivity contribution in [3.8, 4) is 0 Å². The van der Waals surface area contributed by atoms with Crippen molar-refractivity contribution in [2.24, 2.45) is 0 Å². The molecule has 0 radical (unpaired) electrons. The van der Waals surface area contributed by atoms with Crippen LogP contribution >= 0.6 is 0 Å². The van der Waals surface area contributed by atoms with Gasteiger partial charge in [0.2, 0.25) is 0 Å². The predicted molar refractivity (Wildman–Crippen MR) is 64.2 cm³/mol. The zero-order chi connectivity index (χ0) is 11.1. The van der Waals surface area contributed by atoms with Gasteiger partial charge in [-0.1, -0.05) is 6.92 Å². The Morgan fingerprint density at radius 2 is 2.20 bits per heavy atom. The molecule has 1 fully saturated rings. The van der Waals surface area contributed by atoms with E-state index in [1.807, 2.05) is 0 Å². The average Bonchev–Trinajstić information content (AvgIpc) is 2.50. The lowest BCUT2D eigenvalue weighted by Gasteiger charge is -2.27. The second-order valence-corrected chi connectivity index (χ2v) is 4.39. The summed E-state index contributed by atoms with van der Waals surface area (Å²) in [5.74, 6) is 0. The minimum absolute atomic E-state index is 0.558. The molecule has 2 atom stereocenters. The van der Waals surface area contributed by atoms with Crippen molar-refractivity contribution in [2.45, 2.75) is 45.7 Å².